The molecule has 166 valence electrons. The number of aromatic nitrogens is 3. The van der Waals surface area contributed by atoms with Crippen LogP contribution in [0.4, 0.5) is 5.69 Å². The fraction of sp³-hybridized carbons (Fsp3) is 0.667. The number of nitrogens with zero attached hydrogens (tertiary/aromatic N) is 5. The van der Waals surface area contributed by atoms with Gasteiger partial charge in [0.05, 0.1) is 34.6 Å². The van der Waals surface area contributed by atoms with Crippen LogP contribution in [0.2, 0.25) is 0 Å². The second-order valence-electron chi connectivity index (χ2n) is 8.07. The number of sulfonamides is 1. The Morgan fingerprint density at radius 2 is 1.70 bits per heavy atom. The number of piperazine rings is 1. The first-order valence-electron chi connectivity index (χ1n) is 9.95. The summed E-state index contributed by atoms with van der Waals surface area (Å²) in [6.07, 6.45) is 0.577. The predicted molar refractivity (Wildman–Crippen MR) is 111 cm³/mol. The van der Waals surface area contributed by atoms with Crippen molar-refractivity contribution in [2.45, 2.75) is 45.1 Å². The molecule has 2 aromatic heterocycles. The third kappa shape index (κ3) is 3.54. The summed E-state index contributed by atoms with van der Waals surface area (Å²) >= 11 is 0. The summed E-state index contributed by atoms with van der Waals surface area (Å²) < 4.78 is 58.2. The third-order valence-corrected chi connectivity index (χ3v) is 9.86. The lowest BCUT2D eigenvalue weighted by Crippen LogP contribution is -2.49. The quantitative estimate of drug-likeness (QED) is 0.666. The topological polar surface area (TPSA) is 119 Å². The Bertz CT molecular complexity index is 1150. The lowest BCUT2D eigenvalue weighted by Gasteiger charge is -2.35. The maximum atomic E-state index is 13.0. The van der Waals surface area contributed by atoms with Crippen LogP contribution in [0.25, 0.3) is 0 Å². The van der Waals surface area contributed by atoms with Crippen molar-refractivity contribution >= 4 is 25.5 Å². The first kappa shape index (κ1) is 21.3. The van der Waals surface area contributed by atoms with E-state index in [1.807, 2.05) is 18.5 Å². The zero-order valence-corrected chi connectivity index (χ0v) is 19.3. The van der Waals surface area contributed by atoms with E-state index in [1.165, 1.54) is 4.31 Å². The van der Waals surface area contributed by atoms with E-state index < -0.39 is 19.9 Å². The Hall–Kier alpha value is -1.92. The summed E-state index contributed by atoms with van der Waals surface area (Å²) in [4.78, 5) is 2.29. The Morgan fingerprint density at radius 3 is 2.23 bits per heavy atom. The number of hydrogen-bond donors (Lipinski definition) is 0. The van der Waals surface area contributed by atoms with Crippen molar-refractivity contribution in [1.82, 2.24) is 19.2 Å². The van der Waals surface area contributed by atoms with Crippen molar-refractivity contribution in [2.24, 2.45) is 0 Å². The molecule has 2 aliphatic heterocycles. The van der Waals surface area contributed by atoms with Crippen molar-refractivity contribution in [3.05, 3.63) is 22.8 Å². The summed E-state index contributed by atoms with van der Waals surface area (Å²) in [7, 11) is -6.67. The van der Waals surface area contributed by atoms with Crippen molar-refractivity contribution in [2.75, 3.05) is 42.6 Å². The highest BCUT2D eigenvalue weighted by atomic mass is 32.2. The summed E-state index contributed by atoms with van der Waals surface area (Å²) in [5.74, 6) is 0.621. The smallest absolute Gasteiger partial charge is 0.248 e. The van der Waals surface area contributed by atoms with Crippen LogP contribution in [-0.2, 0) is 19.9 Å². The van der Waals surface area contributed by atoms with Crippen LogP contribution in [0, 0.1) is 27.7 Å². The highest BCUT2D eigenvalue weighted by Gasteiger charge is 2.36. The van der Waals surface area contributed by atoms with Gasteiger partial charge in [0.2, 0.25) is 10.0 Å². The number of anilines is 1. The molecule has 4 heterocycles. The van der Waals surface area contributed by atoms with Crippen LogP contribution >= 0.6 is 0 Å². The van der Waals surface area contributed by atoms with Gasteiger partial charge in [0.15, 0.2) is 15.6 Å². The summed E-state index contributed by atoms with van der Waals surface area (Å²) in [6.45, 7) is 8.83. The molecule has 30 heavy (non-hydrogen) atoms. The van der Waals surface area contributed by atoms with Crippen LogP contribution in [0.15, 0.2) is 9.42 Å². The molecular weight excluding hydrogens is 430 g/mol. The maximum absolute atomic E-state index is 13.0. The Kier molecular flexibility index (Phi) is 5.22. The van der Waals surface area contributed by atoms with Crippen molar-refractivity contribution < 1.29 is 21.4 Å². The molecule has 2 aromatic rings. The van der Waals surface area contributed by atoms with Gasteiger partial charge in [-0.2, -0.15) is 9.40 Å². The summed E-state index contributed by atoms with van der Waals surface area (Å²) in [5, 5.41) is 8.39. The Labute approximate surface area is 176 Å². The van der Waals surface area contributed by atoms with Gasteiger partial charge in [-0.25, -0.2) is 16.8 Å². The Balaban J connectivity index is 1.53. The number of hydrogen-bond acceptors (Lipinski definition) is 8. The molecule has 0 saturated carbocycles. The van der Waals surface area contributed by atoms with Gasteiger partial charge in [-0.15, -0.1) is 0 Å². The average molecular weight is 458 g/mol. The van der Waals surface area contributed by atoms with E-state index in [2.05, 4.69) is 15.2 Å². The van der Waals surface area contributed by atoms with Crippen molar-refractivity contribution in [1.29, 1.82) is 0 Å². The van der Waals surface area contributed by atoms with Crippen LogP contribution in [0.3, 0.4) is 0 Å². The van der Waals surface area contributed by atoms with E-state index in [-0.39, 0.29) is 22.4 Å². The minimum atomic E-state index is -3.66. The number of aryl methyl sites for hydroxylation is 3. The van der Waals surface area contributed by atoms with Crippen LogP contribution in [0.5, 0.6) is 0 Å². The molecule has 2 fully saturated rings. The fourth-order valence-corrected chi connectivity index (χ4v) is 7.97. The zero-order chi connectivity index (χ0) is 21.8. The van der Waals surface area contributed by atoms with E-state index in [1.54, 1.807) is 13.8 Å². The second kappa shape index (κ2) is 7.34. The normalized spacial score (nSPS) is 22.7. The van der Waals surface area contributed by atoms with Gasteiger partial charge in [0.1, 0.15) is 10.6 Å². The molecule has 0 amide bonds. The van der Waals surface area contributed by atoms with Gasteiger partial charge >= 0.3 is 0 Å². The minimum Gasteiger partial charge on any atom is -0.366 e. The van der Waals surface area contributed by atoms with E-state index in [0.717, 1.165) is 17.1 Å². The first-order chi connectivity index (χ1) is 14.0. The fourth-order valence-electron chi connectivity index (χ4n) is 4.56. The summed E-state index contributed by atoms with van der Waals surface area (Å²) in [6, 6.07) is -0.136. The molecule has 2 aliphatic rings. The van der Waals surface area contributed by atoms with Gasteiger partial charge in [-0.05, 0) is 34.1 Å². The maximum Gasteiger partial charge on any atom is 0.248 e. The monoisotopic (exact) mass is 457 g/mol. The molecule has 4 rings (SSSR count). The second-order valence-corrected chi connectivity index (χ2v) is 12.2. The van der Waals surface area contributed by atoms with Crippen LogP contribution in [0.1, 0.15) is 35.3 Å². The molecule has 1 atom stereocenters. The highest BCUT2D eigenvalue weighted by Crippen LogP contribution is 2.32. The van der Waals surface area contributed by atoms with Gasteiger partial charge in [0, 0.05) is 26.2 Å². The van der Waals surface area contributed by atoms with Gasteiger partial charge in [-0.1, -0.05) is 5.16 Å². The largest absolute Gasteiger partial charge is 0.366 e. The molecular formula is C18H27N5O5S2. The molecule has 2 saturated heterocycles. The minimum absolute atomic E-state index is 0.123. The van der Waals surface area contributed by atoms with Gasteiger partial charge < -0.3 is 9.42 Å². The van der Waals surface area contributed by atoms with Crippen molar-refractivity contribution in [3.63, 3.8) is 0 Å². The van der Waals surface area contributed by atoms with Crippen LogP contribution < -0.4 is 4.90 Å². The lowest BCUT2D eigenvalue weighted by molar-refractivity contribution is 0.378. The highest BCUT2D eigenvalue weighted by molar-refractivity contribution is 7.91. The SMILES string of the molecule is Cc1nn(C2CCS(=O)(=O)C2)c(C)c1N1CCN(S(=O)(=O)c2c(C)noc2C)CC1. The lowest BCUT2D eigenvalue weighted by atomic mass is 10.2. The first-order valence-corrected chi connectivity index (χ1v) is 13.2. The van der Waals surface area contributed by atoms with Crippen LogP contribution in [-0.4, -0.2) is 73.8 Å². The molecule has 12 heteroatoms. The standard InChI is InChI=1S/C18H27N5O5S2/c1-12-17(14(3)23(19-12)16-5-10-29(24,25)11-16)21-6-8-22(9-7-21)30(26,27)18-13(2)20-28-15(18)4/h16H,5-11H2,1-4H3. The van der Waals surface area contributed by atoms with E-state index in [9.17, 15) is 16.8 Å². The number of sulfone groups is 1. The van der Waals surface area contributed by atoms with Gasteiger partial charge in [0.25, 0.3) is 0 Å². The van der Waals surface area contributed by atoms with Crippen molar-refractivity contribution in [3.8, 4) is 0 Å². The molecule has 0 aromatic carbocycles. The molecule has 0 N–H and O–H groups in total. The van der Waals surface area contributed by atoms with E-state index >= 15 is 0 Å². The average Bonchev–Trinajstić information content (AvgIpc) is 3.30. The van der Waals surface area contributed by atoms with E-state index in [4.69, 9.17) is 4.52 Å². The molecule has 0 bridgehead atoms. The zero-order valence-electron chi connectivity index (χ0n) is 17.6. The molecule has 0 radical (unpaired) electrons. The predicted octanol–water partition coefficient (Wildman–Crippen LogP) is 0.975. The molecule has 1 unspecified atom stereocenters. The molecule has 0 spiro atoms. The summed E-state index contributed by atoms with van der Waals surface area (Å²) in [5.41, 5.74) is 3.10. The Morgan fingerprint density at radius 1 is 1.03 bits per heavy atom. The third-order valence-electron chi connectivity index (χ3n) is 5.96. The van der Waals surface area contributed by atoms with E-state index in [0.29, 0.717) is 44.1 Å². The molecule has 10 nitrogen and oxygen atoms in total. The number of rotatable bonds is 4. The van der Waals surface area contributed by atoms with Gasteiger partial charge in [-0.3, -0.25) is 4.68 Å². The molecule has 0 aliphatic carbocycles.